The molecule has 10 nitrogen and oxygen atoms in total. The molecule has 0 N–H and O–H groups in total. The topological polar surface area (TPSA) is 120 Å². The van der Waals surface area contributed by atoms with E-state index in [0.29, 0.717) is 35.2 Å². The predicted molar refractivity (Wildman–Crippen MR) is 121 cm³/mol. The number of Topliss-reactive ketones (excluding diaryl/α,β-unsaturated/α-hetero) is 1. The molecule has 3 rings (SSSR count). The number of carbonyl (C=O) groups excluding carboxylic acids is 1. The van der Waals surface area contributed by atoms with Crippen molar-refractivity contribution < 1.29 is 13.2 Å². The lowest BCUT2D eigenvalue weighted by atomic mass is 9.99. The van der Waals surface area contributed by atoms with Gasteiger partial charge >= 0.3 is 17.1 Å². The van der Waals surface area contributed by atoms with Gasteiger partial charge in [-0.25, -0.2) is 36.5 Å². The highest BCUT2D eigenvalue weighted by Crippen LogP contribution is 2.30. The van der Waals surface area contributed by atoms with E-state index in [9.17, 15) is 27.6 Å². The van der Waals surface area contributed by atoms with Crippen molar-refractivity contribution >= 4 is 21.5 Å². The number of rotatable bonds is 8. The zero-order valence-corrected chi connectivity index (χ0v) is 18.5. The largest absolute Gasteiger partial charge is 0.337 e. The van der Waals surface area contributed by atoms with E-state index in [1.807, 2.05) is 0 Å². The van der Waals surface area contributed by atoms with Crippen LogP contribution < -0.4 is 21.4 Å². The monoisotopic (exact) mass is 460 g/mol. The van der Waals surface area contributed by atoms with Gasteiger partial charge in [-0.1, -0.05) is 12.2 Å². The Bertz CT molecular complexity index is 1330. The summed E-state index contributed by atoms with van der Waals surface area (Å²) in [6, 6.07) is 4.61. The predicted octanol–water partition coefficient (Wildman–Crippen LogP) is 0.139. The Balaban J connectivity index is 2.04. The molecule has 11 heteroatoms. The van der Waals surface area contributed by atoms with Crippen LogP contribution >= 0.6 is 0 Å². The molecule has 0 atom stereocenters. The van der Waals surface area contributed by atoms with Gasteiger partial charge in [-0.2, -0.15) is 0 Å². The molecule has 2 aromatic rings. The molecule has 32 heavy (non-hydrogen) atoms. The van der Waals surface area contributed by atoms with Gasteiger partial charge in [0.2, 0.25) is 10.0 Å². The minimum absolute atomic E-state index is 0.122. The van der Waals surface area contributed by atoms with Crippen LogP contribution in [0.2, 0.25) is 0 Å². The van der Waals surface area contributed by atoms with E-state index >= 15 is 0 Å². The van der Waals surface area contributed by atoms with Crippen LogP contribution in [0.5, 0.6) is 0 Å². The third kappa shape index (κ3) is 4.28. The average molecular weight is 461 g/mol. The zero-order valence-electron chi connectivity index (χ0n) is 17.7. The van der Waals surface area contributed by atoms with Crippen molar-refractivity contribution in [1.82, 2.24) is 13.7 Å². The number of aromatic nitrogens is 3. The second-order valence-corrected chi connectivity index (χ2v) is 9.34. The number of fused-ring (bicyclic) bond motifs is 1. The Morgan fingerprint density at radius 1 is 1.00 bits per heavy atom. The third-order valence-electron chi connectivity index (χ3n) is 5.19. The molecule has 0 bridgehead atoms. The second kappa shape index (κ2) is 8.95. The summed E-state index contributed by atoms with van der Waals surface area (Å²) in [5.41, 5.74) is -1.18. The molecular weight excluding hydrogens is 436 g/mol. The first-order chi connectivity index (χ1) is 15.1. The van der Waals surface area contributed by atoms with Crippen molar-refractivity contribution in [3.05, 3.63) is 86.1 Å². The van der Waals surface area contributed by atoms with Crippen LogP contribution in [0.15, 0.2) is 57.9 Å². The summed E-state index contributed by atoms with van der Waals surface area (Å²) in [6.45, 7) is 6.57. The molecular formula is C21H24N4O6S. The zero-order chi connectivity index (χ0) is 23.6. The molecule has 0 radical (unpaired) electrons. The Hall–Kier alpha value is -3.47. The van der Waals surface area contributed by atoms with Gasteiger partial charge in [0.25, 0.3) is 0 Å². The maximum Gasteiger partial charge on any atom is 0.337 e. The van der Waals surface area contributed by atoms with Crippen molar-refractivity contribution in [3.63, 3.8) is 0 Å². The van der Waals surface area contributed by atoms with Crippen LogP contribution in [-0.2, 0) is 36.1 Å². The van der Waals surface area contributed by atoms with E-state index in [1.54, 1.807) is 12.1 Å². The number of carbonyl (C=O) groups is 1. The lowest BCUT2D eigenvalue weighted by molar-refractivity contribution is 0.0966. The first kappa shape index (κ1) is 23.2. The van der Waals surface area contributed by atoms with Gasteiger partial charge < -0.3 is 0 Å². The van der Waals surface area contributed by atoms with Gasteiger partial charge in [-0.15, -0.1) is 13.2 Å². The summed E-state index contributed by atoms with van der Waals surface area (Å²) in [6.07, 6.45) is 5.01. The van der Waals surface area contributed by atoms with E-state index < -0.39 is 39.4 Å². The Labute approximate surface area is 184 Å². The highest BCUT2D eigenvalue weighted by atomic mass is 32.2. The minimum Gasteiger partial charge on any atom is -0.292 e. The normalized spacial score (nSPS) is 13.5. The van der Waals surface area contributed by atoms with E-state index in [1.165, 1.54) is 22.5 Å². The molecule has 170 valence electrons. The van der Waals surface area contributed by atoms with E-state index in [4.69, 9.17) is 0 Å². The number of nitrogens with zero attached hydrogens (tertiary/aromatic N) is 4. The average Bonchev–Trinajstić information content (AvgIpc) is 2.75. The fourth-order valence-corrected chi connectivity index (χ4v) is 4.70. The van der Waals surface area contributed by atoms with Crippen molar-refractivity contribution in [1.29, 1.82) is 0 Å². The molecule has 0 saturated heterocycles. The van der Waals surface area contributed by atoms with Crippen molar-refractivity contribution in [2.24, 2.45) is 0 Å². The van der Waals surface area contributed by atoms with Crippen LogP contribution in [0.1, 0.15) is 22.3 Å². The Kier molecular flexibility index (Phi) is 6.49. The smallest absolute Gasteiger partial charge is 0.292 e. The number of benzene rings is 1. The highest BCUT2D eigenvalue weighted by Gasteiger charge is 2.25. The summed E-state index contributed by atoms with van der Waals surface area (Å²) in [5, 5.41) is 0. The van der Waals surface area contributed by atoms with E-state index in [0.717, 1.165) is 15.4 Å². The molecule has 0 amide bonds. The van der Waals surface area contributed by atoms with Gasteiger partial charge in [-0.05, 0) is 36.6 Å². The Morgan fingerprint density at radius 2 is 1.56 bits per heavy atom. The first-order valence-electron chi connectivity index (χ1n) is 9.90. The molecule has 0 saturated carbocycles. The van der Waals surface area contributed by atoms with Crippen molar-refractivity contribution in [2.45, 2.75) is 32.5 Å². The van der Waals surface area contributed by atoms with Crippen LogP contribution in [-0.4, -0.2) is 40.7 Å². The lowest BCUT2D eigenvalue weighted by Crippen LogP contribution is -2.55. The summed E-state index contributed by atoms with van der Waals surface area (Å²) < 4.78 is 27.7. The van der Waals surface area contributed by atoms with Crippen LogP contribution in [0, 0.1) is 0 Å². The fourth-order valence-electron chi connectivity index (χ4n) is 3.70. The molecule has 0 unspecified atom stereocenters. The summed E-state index contributed by atoms with van der Waals surface area (Å²) in [7, 11) is -3.45. The van der Waals surface area contributed by atoms with Crippen LogP contribution in [0.3, 0.4) is 0 Å². The summed E-state index contributed by atoms with van der Waals surface area (Å²) in [4.78, 5) is 50.8. The van der Waals surface area contributed by atoms with E-state index in [2.05, 4.69) is 13.2 Å². The fraction of sp³-hybridized carbons (Fsp3) is 0.333. The highest BCUT2D eigenvalue weighted by molar-refractivity contribution is 7.92. The molecule has 1 aromatic heterocycles. The maximum absolute atomic E-state index is 12.9. The molecule has 0 fully saturated rings. The molecule has 2 heterocycles. The van der Waals surface area contributed by atoms with Crippen molar-refractivity contribution in [2.75, 3.05) is 17.1 Å². The molecule has 0 aliphatic carbocycles. The summed E-state index contributed by atoms with van der Waals surface area (Å²) in [5.74, 6) is -0.516. The SMILES string of the molecule is C=CCn1c(=O)n(CC=C)c(=O)n(CC(=O)c2ccc3c(c2)CCCN3S(C)(=O)=O)c1=O. The van der Waals surface area contributed by atoms with Crippen LogP contribution in [0.4, 0.5) is 5.69 Å². The number of hydrogen-bond acceptors (Lipinski definition) is 6. The standard InChI is InChI=1S/C21H24N4O6S/c1-4-10-22-19(27)23(11-5-2)21(29)24(20(22)28)14-18(26)16-8-9-17-15(13-16)7-6-12-25(17)32(3,30)31/h4-5,8-9,13H,1-2,6-7,10-12,14H2,3H3. The van der Waals surface area contributed by atoms with Gasteiger partial charge in [0.15, 0.2) is 5.78 Å². The maximum atomic E-state index is 12.9. The second-order valence-electron chi connectivity index (χ2n) is 7.44. The number of ketones is 1. The lowest BCUT2D eigenvalue weighted by Gasteiger charge is -2.29. The Morgan fingerprint density at radius 3 is 2.09 bits per heavy atom. The number of allylic oxidation sites excluding steroid dienone is 2. The number of hydrogen-bond donors (Lipinski definition) is 0. The molecule has 0 spiro atoms. The van der Waals surface area contributed by atoms with Gasteiger partial charge in [0.05, 0.1) is 31.6 Å². The number of anilines is 1. The number of aryl methyl sites for hydroxylation is 1. The van der Waals surface area contributed by atoms with E-state index in [-0.39, 0.29) is 18.7 Å². The molecule has 1 aliphatic heterocycles. The minimum atomic E-state index is -3.45. The molecule has 1 aromatic carbocycles. The van der Waals surface area contributed by atoms with Crippen molar-refractivity contribution in [3.8, 4) is 0 Å². The first-order valence-corrected chi connectivity index (χ1v) is 11.7. The third-order valence-corrected chi connectivity index (χ3v) is 6.37. The van der Waals surface area contributed by atoms with Crippen LogP contribution in [0.25, 0.3) is 0 Å². The quantitative estimate of drug-likeness (QED) is 0.408. The van der Waals surface area contributed by atoms with Gasteiger partial charge in [0.1, 0.15) is 0 Å². The summed E-state index contributed by atoms with van der Waals surface area (Å²) >= 11 is 0. The number of sulfonamides is 1. The van der Waals surface area contributed by atoms with Gasteiger partial charge in [-0.3, -0.25) is 9.10 Å². The van der Waals surface area contributed by atoms with Gasteiger partial charge in [0, 0.05) is 12.1 Å². The molecule has 1 aliphatic rings.